The van der Waals surface area contributed by atoms with E-state index in [4.69, 9.17) is 14.2 Å². The second-order valence-electron chi connectivity index (χ2n) is 5.52. The largest absolute Gasteiger partial charge is 0.508 e. The van der Waals surface area contributed by atoms with E-state index in [0.29, 0.717) is 6.61 Å². The van der Waals surface area contributed by atoms with Crippen molar-refractivity contribution in [3.8, 4) is 23.0 Å². The van der Waals surface area contributed by atoms with Crippen LogP contribution in [0.15, 0.2) is 30.3 Å². The van der Waals surface area contributed by atoms with Crippen LogP contribution in [0, 0.1) is 6.92 Å². The zero-order valence-corrected chi connectivity index (χ0v) is 13.1. The number of phenols is 1. The van der Waals surface area contributed by atoms with E-state index in [1.54, 1.807) is 20.3 Å². The molecule has 0 aliphatic carbocycles. The number of methoxy groups -OCH3 is 2. The molecule has 2 aromatic rings. The number of rotatable bonds is 3. The normalized spacial score (nSPS) is 16.6. The first-order valence-electron chi connectivity index (χ1n) is 7.30. The highest BCUT2D eigenvalue weighted by Crippen LogP contribution is 2.39. The van der Waals surface area contributed by atoms with Gasteiger partial charge in [0.25, 0.3) is 0 Å². The minimum atomic E-state index is 0.260. The molecule has 0 radical (unpaired) electrons. The molecule has 22 heavy (non-hydrogen) atoms. The molecular weight excluding hydrogens is 280 g/mol. The Labute approximate surface area is 130 Å². The average molecular weight is 300 g/mol. The Morgan fingerprint density at radius 2 is 1.86 bits per heavy atom. The molecule has 4 nitrogen and oxygen atoms in total. The maximum absolute atomic E-state index is 9.77. The van der Waals surface area contributed by atoms with E-state index >= 15 is 0 Å². The van der Waals surface area contributed by atoms with Crippen molar-refractivity contribution >= 4 is 0 Å². The lowest BCUT2D eigenvalue weighted by Crippen LogP contribution is -2.20. The number of benzene rings is 2. The summed E-state index contributed by atoms with van der Waals surface area (Å²) in [5.74, 6) is 2.81. The zero-order chi connectivity index (χ0) is 15.7. The Bertz CT molecular complexity index is 694. The smallest absolute Gasteiger partial charge is 0.160 e. The van der Waals surface area contributed by atoms with Crippen molar-refractivity contribution in [3.05, 3.63) is 47.0 Å². The van der Waals surface area contributed by atoms with E-state index in [9.17, 15) is 5.11 Å². The van der Waals surface area contributed by atoms with Crippen LogP contribution in [-0.4, -0.2) is 25.9 Å². The lowest BCUT2D eigenvalue weighted by atomic mass is 9.89. The molecule has 1 atom stereocenters. The molecule has 0 unspecified atom stereocenters. The van der Waals surface area contributed by atoms with Crippen LogP contribution < -0.4 is 14.2 Å². The molecule has 0 saturated carbocycles. The summed E-state index contributed by atoms with van der Waals surface area (Å²) < 4.78 is 16.6. The molecule has 3 rings (SSSR count). The van der Waals surface area contributed by atoms with Crippen LogP contribution in [0.5, 0.6) is 23.0 Å². The monoisotopic (exact) mass is 300 g/mol. The molecule has 1 aliphatic rings. The van der Waals surface area contributed by atoms with Gasteiger partial charge in [-0.05, 0) is 42.7 Å². The topological polar surface area (TPSA) is 47.9 Å². The van der Waals surface area contributed by atoms with Crippen molar-refractivity contribution in [2.75, 3.05) is 20.8 Å². The van der Waals surface area contributed by atoms with Crippen molar-refractivity contribution in [1.82, 2.24) is 0 Å². The summed E-state index contributed by atoms with van der Waals surface area (Å²) in [6, 6.07) is 9.64. The average Bonchev–Trinajstić information content (AvgIpc) is 2.57. The first-order chi connectivity index (χ1) is 10.6. The van der Waals surface area contributed by atoms with Gasteiger partial charge < -0.3 is 19.3 Å². The van der Waals surface area contributed by atoms with Crippen molar-refractivity contribution in [2.24, 2.45) is 0 Å². The Hall–Kier alpha value is -2.36. The third-order valence-electron chi connectivity index (χ3n) is 4.23. The summed E-state index contributed by atoms with van der Waals surface area (Å²) in [6.07, 6.45) is 0.881. The Kier molecular flexibility index (Phi) is 3.84. The van der Waals surface area contributed by atoms with Crippen molar-refractivity contribution < 1.29 is 19.3 Å². The molecule has 0 amide bonds. The van der Waals surface area contributed by atoms with Crippen LogP contribution in [0.4, 0.5) is 0 Å². The van der Waals surface area contributed by atoms with Gasteiger partial charge in [0.1, 0.15) is 11.5 Å². The number of ether oxygens (including phenoxy) is 3. The molecule has 1 N–H and O–H groups in total. The van der Waals surface area contributed by atoms with Gasteiger partial charge in [0.05, 0.1) is 20.8 Å². The van der Waals surface area contributed by atoms with Gasteiger partial charge in [-0.15, -0.1) is 0 Å². The van der Waals surface area contributed by atoms with Crippen LogP contribution in [0.1, 0.15) is 22.6 Å². The predicted molar refractivity (Wildman–Crippen MR) is 84.3 cm³/mol. The van der Waals surface area contributed by atoms with Crippen molar-refractivity contribution in [3.63, 3.8) is 0 Å². The Morgan fingerprint density at radius 3 is 2.59 bits per heavy atom. The van der Waals surface area contributed by atoms with E-state index in [1.807, 2.05) is 31.2 Å². The van der Waals surface area contributed by atoms with Crippen LogP contribution in [0.3, 0.4) is 0 Å². The summed E-state index contributed by atoms with van der Waals surface area (Å²) in [7, 11) is 3.27. The predicted octanol–water partition coefficient (Wildman–Crippen LogP) is 3.44. The maximum Gasteiger partial charge on any atom is 0.160 e. The van der Waals surface area contributed by atoms with Gasteiger partial charge in [0.15, 0.2) is 11.5 Å². The fraction of sp³-hybridized carbons (Fsp3) is 0.333. The third kappa shape index (κ3) is 2.45. The van der Waals surface area contributed by atoms with Gasteiger partial charge in [-0.1, -0.05) is 12.1 Å². The van der Waals surface area contributed by atoms with E-state index < -0.39 is 0 Å². The quantitative estimate of drug-likeness (QED) is 0.943. The summed E-state index contributed by atoms with van der Waals surface area (Å²) in [4.78, 5) is 0. The van der Waals surface area contributed by atoms with Crippen molar-refractivity contribution in [1.29, 1.82) is 0 Å². The number of hydrogen-bond acceptors (Lipinski definition) is 4. The van der Waals surface area contributed by atoms with Gasteiger partial charge in [-0.2, -0.15) is 0 Å². The van der Waals surface area contributed by atoms with Crippen molar-refractivity contribution in [2.45, 2.75) is 19.3 Å². The standard InChI is InChI=1S/C18H20O4/c1-11-15(19)6-4-13-8-14(10-22-18(11)13)12-5-7-16(20-2)17(9-12)21-3/h4-7,9,14,19H,8,10H2,1-3H3/t14-/m0/s1. The second-order valence-corrected chi connectivity index (χ2v) is 5.52. The lowest BCUT2D eigenvalue weighted by molar-refractivity contribution is 0.258. The molecule has 0 bridgehead atoms. The summed E-state index contributed by atoms with van der Waals surface area (Å²) in [5.41, 5.74) is 3.10. The number of phenolic OH excluding ortho intramolecular Hbond substituents is 1. The molecule has 116 valence electrons. The van der Waals surface area contributed by atoms with Gasteiger partial charge >= 0.3 is 0 Å². The van der Waals surface area contributed by atoms with Gasteiger partial charge in [-0.25, -0.2) is 0 Å². The Morgan fingerprint density at radius 1 is 1.09 bits per heavy atom. The van der Waals surface area contributed by atoms with Crippen LogP contribution in [0.2, 0.25) is 0 Å². The van der Waals surface area contributed by atoms with Crippen LogP contribution >= 0.6 is 0 Å². The number of hydrogen-bond donors (Lipinski definition) is 1. The minimum Gasteiger partial charge on any atom is -0.508 e. The molecule has 1 heterocycles. The first-order valence-corrected chi connectivity index (χ1v) is 7.30. The second kappa shape index (κ2) is 5.79. The minimum absolute atomic E-state index is 0.260. The molecule has 0 aromatic heterocycles. The molecule has 2 aromatic carbocycles. The summed E-state index contributed by atoms with van der Waals surface area (Å²) >= 11 is 0. The molecule has 0 saturated heterocycles. The van der Waals surface area contributed by atoms with E-state index in [0.717, 1.165) is 40.4 Å². The number of aromatic hydroxyl groups is 1. The molecule has 1 aliphatic heterocycles. The lowest BCUT2D eigenvalue weighted by Gasteiger charge is -2.27. The van der Waals surface area contributed by atoms with Crippen LogP contribution in [0.25, 0.3) is 0 Å². The van der Waals surface area contributed by atoms with Gasteiger partial charge in [0, 0.05) is 11.5 Å². The van der Waals surface area contributed by atoms with Crippen LogP contribution in [-0.2, 0) is 6.42 Å². The zero-order valence-electron chi connectivity index (χ0n) is 13.1. The Balaban J connectivity index is 1.90. The molecule has 0 spiro atoms. The van der Waals surface area contributed by atoms with E-state index in [-0.39, 0.29) is 11.7 Å². The first kappa shape index (κ1) is 14.6. The highest BCUT2D eigenvalue weighted by Gasteiger charge is 2.24. The summed E-state index contributed by atoms with van der Waals surface area (Å²) in [5, 5.41) is 9.77. The third-order valence-corrected chi connectivity index (χ3v) is 4.23. The fourth-order valence-corrected chi connectivity index (χ4v) is 2.93. The highest BCUT2D eigenvalue weighted by molar-refractivity contribution is 5.51. The van der Waals surface area contributed by atoms with Gasteiger partial charge in [-0.3, -0.25) is 0 Å². The summed E-state index contributed by atoms with van der Waals surface area (Å²) in [6.45, 7) is 2.47. The van der Waals surface area contributed by atoms with E-state index in [1.165, 1.54) is 0 Å². The fourth-order valence-electron chi connectivity index (χ4n) is 2.93. The maximum atomic E-state index is 9.77. The SMILES string of the molecule is COc1ccc([C@@H]2COc3c(ccc(O)c3C)C2)cc1OC. The van der Waals surface area contributed by atoms with Gasteiger partial charge in [0.2, 0.25) is 0 Å². The highest BCUT2D eigenvalue weighted by atomic mass is 16.5. The van der Waals surface area contributed by atoms with E-state index in [2.05, 4.69) is 0 Å². The molecular formula is C18H20O4. The number of fused-ring (bicyclic) bond motifs is 1. The molecule has 0 fully saturated rings. The molecule has 4 heteroatoms.